The van der Waals surface area contributed by atoms with Crippen LogP contribution in [0.4, 0.5) is 5.82 Å². The molecule has 0 unspecified atom stereocenters. The van der Waals surface area contributed by atoms with E-state index in [4.69, 9.17) is 4.74 Å². The Balaban J connectivity index is 0.00000260. The van der Waals surface area contributed by atoms with Gasteiger partial charge in [0.2, 0.25) is 5.91 Å². The summed E-state index contributed by atoms with van der Waals surface area (Å²) in [5, 5.41) is 36.5. The quantitative estimate of drug-likeness (QED) is 0.246. The van der Waals surface area contributed by atoms with Crippen molar-refractivity contribution in [1.82, 2.24) is 19.9 Å². The van der Waals surface area contributed by atoms with Gasteiger partial charge in [0.25, 0.3) is 5.91 Å². The second kappa shape index (κ2) is 12.8. The molecule has 0 atom stereocenters. The average Bonchev–Trinajstić information content (AvgIpc) is 3.21. The van der Waals surface area contributed by atoms with Crippen molar-refractivity contribution < 1.29 is 29.6 Å². The Bertz CT molecular complexity index is 1290. The highest BCUT2D eigenvalue weighted by Gasteiger charge is 2.31. The summed E-state index contributed by atoms with van der Waals surface area (Å²) in [6, 6.07) is 7.36. The van der Waals surface area contributed by atoms with Crippen LogP contribution in [0.25, 0.3) is 21.9 Å². The Morgan fingerprint density at radius 3 is 2.23 bits per heavy atom. The molecule has 3 aromatic rings. The molecule has 0 aliphatic heterocycles. The number of hydrogen-bond acceptors (Lipinski definition) is 8. The number of aliphatic hydroxyl groups excluding tert-OH is 1. The molecule has 2 amide bonds. The lowest BCUT2D eigenvalue weighted by Crippen LogP contribution is -2.47. The first-order valence-corrected chi connectivity index (χ1v) is 13.2. The SMILES string of the molecule is CC.CC(C)(O)COC(C)(C)C(=O)NCCC(=O)Nc1nc2ccccc2c2c1nc(CO)n2CC(C)(C)O. The van der Waals surface area contributed by atoms with Gasteiger partial charge in [0.15, 0.2) is 5.82 Å². The Labute approximate surface area is 229 Å². The van der Waals surface area contributed by atoms with E-state index in [1.165, 1.54) is 0 Å². The lowest BCUT2D eigenvalue weighted by molar-refractivity contribution is -0.150. The predicted octanol–water partition coefficient (Wildman–Crippen LogP) is 2.88. The first-order valence-electron chi connectivity index (χ1n) is 13.2. The Morgan fingerprint density at radius 2 is 1.64 bits per heavy atom. The monoisotopic (exact) mass is 545 g/mol. The number of benzene rings is 1. The molecule has 0 saturated heterocycles. The number of nitrogens with one attached hydrogen (secondary N) is 2. The minimum Gasteiger partial charge on any atom is -0.389 e. The summed E-state index contributed by atoms with van der Waals surface area (Å²) in [5.74, 6) is -0.231. The fourth-order valence-electron chi connectivity index (χ4n) is 3.77. The molecule has 0 radical (unpaired) electrons. The number of anilines is 1. The summed E-state index contributed by atoms with van der Waals surface area (Å²) >= 11 is 0. The van der Waals surface area contributed by atoms with Crippen LogP contribution in [0.5, 0.6) is 0 Å². The maximum Gasteiger partial charge on any atom is 0.251 e. The minimum atomic E-state index is -1.18. The van der Waals surface area contributed by atoms with Crippen LogP contribution >= 0.6 is 0 Å². The van der Waals surface area contributed by atoms with Crippen molar-refractivity contribution in [1.29, 1.82) is 0 Å². The van der Waals surface area contributed by atoms with Crippen molar-refractivity contribution in [2.75, 3.05) is 18.5 Å². The molecule has 0 fully saturated rings. The van der Waals surface area contributed by atoms with Crippen LogP contribution in [0.3, 0.4) is 0 Å². The molecule has 2 aromatic heterocycles. The van der Waals surface area contributed by atoms with Gasteiger partial charge in [-0.25, -0.2) is 9.97 Å². The van der Waals surface area contributed by atoms with Gasteiger partial charge in [0.05, 0.1) is 35.4 Å². The third-order valence-electron chi connectivity index (χ3n) is 5.58. The lowest BCUT2D eigenvalue weighted by atomic mass is 10.1. The molecule has 0 spiro atoms. The van der Waals surface area contributed by atoms with Crippen molar-refractivity contribution in [3.05, 3.63) is 30.1 Å². The molecule has 3 rings (SSSR count). The van der Waals surface area contributed by atoms with E-state index in [0.717, 1.165) is 5.39 Å². The number of imidazole rings is 1. The highest BCUT2D eigenvalue weighted by molar-refractivity contribution is 6.09. The third kappa shape index (κ3) is 8.69. The molecule has 11 heteroatoms. The summed E-state index contributed by atoms with van der Waals surface area (Å²) in [4.78, 5) is 34.4. The maximum atomic E-state index is 12.8. The minimum absolute atomic E-state index is 0.0204. The number of rotatable bonds is 11. The van der Waals surface area contributed by atoms with Gasteiger partial charge in [-0.15, -0.1) is 0 Å². The maximum absolute atomic E-state index is 12.8. The molecule has 216 valence electrons. The summed E-state index contributed by atoms with van der Waals surface area (Å²) in [5.41, 5.74) is -1.68. The van der Waals surface area contributed by atoms with Gasteiger partial charge in [-0.1, -0.05) is 32.0 Å². The molecule has 11 nitrogen and oxygen atoms in total. The van der Waals surface area contributed by atoms with E-state index in [2.05, 4.69) is 20.6 Å². The van der Waals surface area contributed by atoms with Gasteiger partial charge in [-0.3, -0.25) is 9.59 Å². The van der Waals surface area contributed by atoms with Crippen molar-refractivity contribution in [2.45, 2.75) is 91.8 Å². The predicted molar refractivity (Wildman–Crippen MR) is 151 cm³/mol. The van der Waals surface area contributed by atoms with Crippen molar-refractivity contribution in [3.8, 4) is 0 Å². The fraction of sp³-hybridized carbons (Fsp3) is 0.571. The van der Waals surface area contributed by atoms with Gasteiger partial charge in [0, 0.05) is 18.4 Å². The number of ether oxygens (including phenoxy) is 1. The second-order valence-corrected chi connectivity index (χ2v) is 10.9. The number of aliphatic hydroxyl groups is 3. The summed E-state index contributed by atoms with van der Waals surface area (Å²) < 4.78 is 7.28. The smallest absolute Gasteiger partial charge is 0.251 e. The number of pyridine rings is 1. The highest BCUT2D eigenvalue weighted by atomic mass is 16.5. The number of aromatic nitrogens is 3. The van der Waals surface area contributed by atoms with Crippen LogP contribution in [0.1, 0.15) is 67.6 Å². The van der Waals surface area contributed by atoms with E-state index in [9.17, 15) is 24.9 Å². The van der Waals surface area contributed by atoms with E-state index in [1.54, 1.807) is 52.2 Å². The average molecular weight is 546 g/mol. The molecular formula is C28H43N5O6. The van der Waals surface area contributed by atoms with Crippen molar-refractivity contribution >= 4 is 39.6 Å². The first kappa shape index (κ1) is 32.1. The Morgan fingerprint density at radius 1 is 1.00 bits per heavy atom. The number of carbonyl (C=O) groups is 2. The fourth-order valence-corrected chi connectivity index (χ4v) is 3.77. The zero-order valence-corrected chi connectivity index (χ0v) is 24.3. The number of hydrogen-bond donors (Lipinski definition) is 5. The van der Waals surface area contributed by atoms with Crippen molar-refractivity contribution in [3.63, 3.8) is 0 Å². The van der Waals surface area contributed by atoms with Gasteiger partial charge < -0.3 is 35.3 Å². The topological polar surface area (TPSA) is 159 Å². The summed E-state index contributed by atoms with van der Waals surface area (Å²) in [7, 11) is 0. The zero-order chi connectivity index (χ0) is 29.6. The third-order valence-corrected chi connectivity index (χ3v) is 5.58. The van der Waals surface area contributed by atoms with Crippen LogP contribution in [0, 0.1) is 0 Å². The van der Waals surface area contributed by atoms with Gasteiger partial charge >= 0.3 is 0 Å². The first-order chi connectivity index (χ1) is 18.1. The van der Waals surface area contributed by atoms with Crippen LogP contribution in [-0.2, 0) is 27.5 Å². The number of fused-ring (bicyclic) bond motifs is 3. The second-order valence-electron chi connectivity index (χ2n) is 10.9. The van der Waals surface area contributed by atoms with Crippen molar-refractivity contribution in [2.24, 2.45) is 0 Å². The summed E-state index contributed by atoms with van der Waals surface area (Å²) in [6.45, 7) is 13.5. The molecule has 5 N–H and O–H groups in total. The number of para-hydroxylation sites is 1. The van der Waals surface area contributed by atoms with Crippen LogP contribution < -0.4 is 10.6 Å². The number of carbonyl (C=O) groups excluding carboxylic acids is 2. The zero-order valence-electron chi connectivity index (χ0n) is 24.3. The molecule has 2 heterocycles. The van der Waals surface area contributed by atoms with Crippen LogP contribution in [0.2, 0.25) is 0 Å². The Hall–Kier alpha value is -3.12. The molecule has 0 bridgehead atoms. The number of nitrogens with zero attached hydrogens (tertiary/aromatic N) is 3. The summed E-state index contributed by atoms with van der Waals surface area (Å²) in [6.07, 6.45) is -0.0272. The van der Waals surface area contributed by atoms with Gasteiger partial charge in [-0.05, 0) is 47.6 Å². The largest absolute Gasteiger partial charge is 0.389 e. The van der Waals surface area contributed by atoms with E-state index in [0.29, 0.717) is 22.4 Å². The normalized spacial score (nSPS) is 12.3. The molecule has 1 aromatic carbocycles. The van der Waals surface area contributed by atoms with E-state index in [-0.39, 0.29) is 44.4 Å². The standard InChI is InChI=1S/C26H37N5O6.C2H6/c1-24(2,35)14-31-18(13-32)29-20-21(31)16-9-7-8-10-17(16)28-22(20)30-19(33)11-12-27-23(34)26(5,6)37-15-25(3,4)36;1-2/h7-10,32,35-36H,11-15H2,1-6H3,(H,27,34)(H,28,30,33);1-2H3. The van der Waals surface area contributed by atoms with E-state index < -0.39 is 22.7 Å². The van der Waals surface area contributed by atoms with E-state index in [1.807, 2.05) is 32.0 Å². The molecular weight excluding hydrogens is 502 g/mol. The highest BCUT2D eigenvalue weighted by Crippen LogP contribution is 2.31. The van der Waals surface area contributed by atoms with E-state index >= 15 is 0 Å². The molecule has 39 heavy (non-hydrogen) atoms. The molecule has 0 aliphatic rings. The molecule has 0 aliphatic carbocycles. The molecule has 0 saturated carbocycles. The van der Waals surface area contributed by atoms with Gasteiger partial charge in [0.1, 0.15) is 23.5 Å². The van der Waals surface area contributed by atoms with Crippen LogP contribution in [0.15, 0.2) is 24.3 Å². The lowest BCUT2D eigenvalue weighted by Gasteiger charge is -2.28. The van der Waals surface area contributed by atoms with Gasteiger partial charge in [-0.2, -0.15) is 0 Å². The Kier molecular flexibility index (Phi) is 10.6. The number of amides is 2. The van der Waals surface area contributed by atoms with Crippen LogP contribution in [-0.4, -0.2) is 71.6 Å².